The van der Waals surface area contributed by atoms with Crippen LogP contribution in [-0.2, 0) is 30.0 Å². The number of nitrogens with one attached hydrogen (secondary N) is 1. The Morgan fingerprint density at radius 1 is 1.29 bits per heavy atom. The second-order valence-electron chi connectivity index (χ2n) is 4.76. The van der Waals surface area contributed by atoms with Crippen molar-refractivity contribution in [3.63, 3.8) is 0 Å². The largest absolute Gasteiger partial charge is 0.381 e. The van der Waals surface area contributed by atoms with Crippen molar-refractivity contribution in [3.05, 3.63) is 18.1 Å². The van der Waals surface area contributed by atoms with Gasteiger partial charge in [-0.1, -0.05) is 13.8 Å². The van der Waals surface area contributed by atoms with Gasteiger partial charge in [0.25, 0.3) is 10.0 Å². The number of rotatable bonds is 6. The van der Waals surface area contributed by atoms with E-state index in [1.54, 1.807) is 17.9 Å². The molecule has 21 heavy (non-hydrogen) atoms. The van der Waals surface area contributed by atoms with Gasteiger partial charge in [0.2, 0.25) is 0 Å². The molecule has 2 heterocycles. The molecule has 116 valence electrons. The lowest BCUT2D eigenvalue weighted by Crippen LogP contribution is -2.14. The molecule has 8 nitrogen and oxygen atoms in total. The summed E-state index contributed by atoms with van der Waals surface area (Å²) in [5.74, 6) is -0.00195. The van der Waals surface area contributed by atoms with Crippen molar-refractivity contribution in [1.82, 2.24) is 19.6 Å². The van der Waals surface area contributed by atoms with E-state index in [0.29, 0.717) is 24.3 Å². The Morgan fingerprint density at radius 2 is 2.00 bits per heavy atom. The molecule has 0 fully saturated rings. The lowest BCUT2D eigenvalue weighted by molar-refractivity contribution is 0.595. The maximum Gasteiger partial charge on any atom is 0.267 e. The Morgan fingerprint density at radius 3 is 2.62 bits per heavy atom. The van der Waals surface area contributed by atoms with Crippen LogP contribution in [0.4, 0.5) is 11.5 Å². The van der Waals surface area contributed by atoms with Gasteiger partial charge in [-0.05, 0) is 12.8 Å². The summed E-state index contributed by atoms with van der Waals surface area (Å²) in [6.45, 7) is 4.51. The minimum atomic E-state index is -3.77. The lowest BCUT2D eigenvalue weighted by Gasteiger charge is -2.05. The highest BCUT2D eigenvalue weighted by atomic mass is 32.2. The van der Waals surface area contributed by atoms with Gasteiger partial charge in [0.05, 0.1) is 11.4 Å². The number of nitrogens with zero attached hydrogens (tertiary/aromatic N) is 4. The molecule has 0 amide bonds. The van der Waals surface area contributed by atoms with E-state index in [1.807, 2.05) is 13.8 Å². The van der Waals surface area contributed by atoms with E-state index in [9.17, 15) is 8.42 Å². The normalized spacial score (nSPS) is 11.8. The maximum atomic E-state index is 12.4. The highest BCUT2D eigenvalue weighted by Crippen LogP contribution is 2.22. The van der Waals surface area contributed by atoms with Crippen molar-refractivity contribution in [3.8, 4) is 0 Å². The minimum absolute atomic E-state index is 0.00195. The second kappa shape index (κ2) is 5.76. The average molecular weight is 312 g/mol. The second-order valence-corrected chi connectivity index (χ2v) is 6.41. The molecule has 9 heteroatoms. The minimum Gasteiger partial charge on any atom is -0.381 e. The molecule has 0 saturated carbocycles. The van der Waals surface area contributed by atoms with Crippen LogP contribution in [0.2, 0.25) is 0 Å². The summed E-state index contributed by atoms with van der Waals surface area (Å²) in [5.41, 5.74) is 6.86. The van der Waals surface area contributed by atoms with Crippen molar-refractivity contribution in [2.24, 2.45) is 7.05 Å². The molecule has 0 aliphatic rings. The van der Waals surface area contributed by atoms with Crippen molar-refractivity contribution in [1.29, 1.82) is 0 Å². The third-order valence-corrected chi connectivity index (χ3v) is 4.36. The predicted molar refractivity (Wildman–Crippen MR) is 80.3 cm³/mol. The van der Waals surface area contributed by atoms with Crippen LogP contribution in [0, 0.1) is 0 Å². The molecule has 2 aromatic rings. The topological polar surface area (TPSA) is 108 Å². The van der Waals surface area contributed by atoms with Crippen LogP contribution < -0.4 is 10.5 Å². The van der Waals surface area contributed by atoms with E-state index in [-0.39, 0.29) is 10.7 Å². The number of hydrogen-bond donors (Lipinski definition) is 2. The summed E-state index contributed by atoms with van der Waals surface area (Å²) in [4.78, 5) is -0.0122. The Bertz CT molecular complexity index is 731. The third kappa shape index (κ3) is 3.18. The summed E-state index contributed by atoms with van der Waals surface area (Å²) in [5, 5.41) is 8.21. The predicted octanol–water partition coefficient (Wildman–Crippen LogP) is 0.972. The van der Waals surface area contributed by atoms with Crippen molar-refractivity contribution in [2.75, 3.05) is 10.5 Å². The molecule has 0 bridgehead atoms. The van der Waals surface area contributed by atoms with Crippen LogP contribution in [0.15, 0.2) is 17.3 Å². The van der Waals surface area contributed by atoms with E-state index < -0.39 is 10.0 Å². The number of aromatic nitrogens is 4. The number of hydrogen-bond acceptors (Lipinski definition) is 5. The standard InChI is InChI=1S/C12H20N6O2S/c1-4-6-18-8-11(12(13)15-18)21(19,20)16-10-7-17(3)14-9(10)5-2/h7-8,16H,4-6H2,1-3H3,(H2,13,15). The summed E-state index contributed by atoms with van der Waals surface area (Å²) >= 11 is 0. The van der Waals surface area contributed by atoms with Crippen molar-refractivity contribution >= 4 is 21.5 Å². The first-order valence-corrected chi connectivity index (χ1v) is 8.24. The average Bonchev–Trinajstić information content (AvgIpc) is 2.93. The number of nitrogen functional groups attached to an aromatic ring is 1. The van der Waals surface area contributed by atoms with Crippen molar-refractivity contribution < 1.29 is 8.42 Å². The van der Waals surface area contributed by atoms with Gasteiger partial charge >= 0.3 is 0 Å². The molecule has 0 saturated heterocycles. The smallest absolute Gasteiger partial charge is 0.267 e. The van der Waals surface area contributed by atoms with E-state index >= 15 is 0 Å². The van der Waals surface area contributed by atoms with Crippen LogP contribution in [0.1, 0.15) is 26.0 Å². The fraction of sp³-hybridized carbons (Fsp3) is 0.500. The zero-order valence-corrected chi connectivity index (χ0v) is 13.2. The summed E-state index contributed by atoms with van der Waals surface area (Å²) in [6.07, 6.45) is 4.55. The highest BCUT2D eigenvalue weighted by Gasteiger charge is 2.23. The number of aryl methyl sites for hydroxylation is 3. The Labute approximate surface area is 124 Å². The van der Waals surface area contributed by atoms with Gasteiger partial charge in [-0.25, -0.2) is 8.42 Å². The lowest BCUT2D eigenvalue weighted by atomic mass is 10.3. The van der Waals surface area contributed by atoms with Crippen LogP contribution in [-0.4, -0.2) is 28.0 Å². The Hall–Kier alpha value is -2.03. The van der Waals surface area contributed by atoms with Gasteiger partial charge in [0.15, 0.2) is 5.82 Å². The molecule has 0 unspecified atom stereocenters. The Balaban J connectivity index is 2.33. The van der Waals surface area contributed by atoms with E-state index in [2.05, 4.69) is 14.9 Å². The van der Waals surface area contributed by atoms with Gasteiger partial charge in [0.1, 0.15) is 4.90 Å². The Kier molecular flexibility index (Phi) is 4.21. The summed E-state index contributed by atoms with van der Waals surface area (Å²) in [6, 6.07) is 0. The zero-order chi connectivity index (χ0) is 15.6. The monoisotopic (exact) mass is 312 g/mol. The van der Waals surface area contributed by atoms with Crippen LogP contribution in [0.5, 0.6) is 0 Å². The van der Waals surface area contributed by atoms with Crippen LogP contribution in [0.3, 0.4) is 0 Å². The zero-order valence-electron chi connectivity index (χ0n) is 12.4. The first-order valence-electron chi connectivity index (χ1n) is 6.75. The van der Waals surface area contributed by atoms with Gasteiger partial charge in [-0.2, -0.15) is 10.2 Å². The number of anilines is 2. The van der Waals surface area contributed by atoms with Crippen LogP contribution >= 0.6 is 0 Å². The summed E-state index contributed by atoms with van der Waals surface area (Å²) < 4.78 is 30.5. The van der Waals surface area contributed by atoms with Gasteiger partial charge < -0.3 is 5.73 Å². The SMILES string of the molecule is CCCn1cc(S(=O)(=O)Nc2cn(C)nc2CC)c(N)n1. The molecule has 0 aliphatic carbocycles. The number of nitrogens with two attached hydrogens (primary N) is 1. The molecule has 2 aromatic heterocycles. The highest BCUT2D eigenvalue weighted by molar-refractivity contribution is 7.92. The molecule has 3 N–H and O–H groups in total. The van der Waals surface area contributed by atoms with Gasteiger partial charge in [-0.15, -0.1) is 0 Å². The van der Waals surface area contributed by atoms with Crippen LogP contribution in [0.25, 0.3) is 0 Å². The molecule has 0 atom stereocenters. The fourth-order valence-corrected chi connectivity index (χ4v) is 3.20. The van der Waals surface area contributed by atoms with E-state index in [0.717, 1.165) is 6.42 Å². The number of sulfonamides is 1. The maximum absolute atomic E-state index is 12.4. The summed E-state index contributed by atoms with van der Waals surface area (Å²) in [7, 11) is -2.03. The molecule has 2 rings (SSSR count). The molecular weight excluding hydrogens is 292 g/mol. The van der Waals surface area contributed by atoms with E-state index in [1.165, 1.54) is 10.9 Å². The van der Waals surface area contributed by atoms with Gasteiger partial charge in [-0.3, -0.25) is 14.1 Å². The fourth-order valence-electron chi connectivity index (χ4n) is 2.05. The van der Waals surface area contributed by atoms with Crippen molar-refractivity contribution in [2.45, 2.75) is 38.1 Å². The van der Waals surface area contributed by atoms with E-state index in [4.69, 9.17) is 5.73 Å². The molecule has 0 spiro atoms. The quantitative estimate of drug-likeness (QED) is 0.826. The third-order valence-electron chi connectivity index (χ3n) is 2.98. The first-order chi connectivity index (χ1) is 9.87. The molecular formula is C12H20N6O2S. The molecule has 0 aliphatic heterocycles. The first kappa shape index (κ1) is 15.4. The molecule has 0 aromatic carbocycles. The molecule has 0 radical (unpaired) electrons. The van der Waals surface area contributed by atoms with Gasteiger partial charge in [0, 0.05) is 26.0 Å².